The van der Waals surface area contributed by atoms with Gasteiger partial charge >= 0.3 is 0 Å². The molecule has 0 unspecified atom stereocenters. The first-order chi connectivity index (χ1) is 9.20. The summed E-state index contributed by atoms with van der Waals surface area (Å²) in [7, 11) is 0. The SMILES string of the molecule is NCc1ccccc1C(=O)NCc1ccc(Cl)cc1. The van der Waals surface area contributed by atoms with Gasteiger partial charge in [0, 0.05) is 23.7 Å². The number of hydrogen-bond acceptors (Lipinski definition) is 2. The molecule has 0 aliphatic rings. The second-order valence-electron chi connectivity index (χ2n) is 4.17. The third kappa shape index (κ3) is 3.56. The number of rotatable bonds is 4. The average molecular weight is 275 g/mol. The van der Waals surface area contributed by atoms with Crippen molar-refractivity contribution in [3.05, 3.63) is 70.2 Å². The van der Waals surface area contributed by atoms with Gasteiger partial charge in [-0.25, -0.2) is 0 Å². The lowest BCUT2D eigenvalue weighted by atomic mass is 10.1. The Morgan fingerprint density at radius 2 is 1.79 bits per heavy atom. The molecular formula is C15H15ClN2O. The second-order valence-corrected chi connectivity index (χ2v) is 4.61. The first kappa shape index (κ1) is 13.6. The van der Waals surface area contributed by atoms with Crippen LogP contribution < -0.4 is 11.1 Å². The van der Waals surface area contributed by atoms with Crippen LogP contribution in [0.3, 0.4) is 0 Å². The lowest BCUT2D eigenvalue weighted by Gasteiger charge is -2.09. The molecule has 19 heavy (non-hydrogen) atoms. The normalized spacial score (nSPS) is 10.2. The van der Waals surface area contributed by atoms with Crippen molar-refractivity contribution in [3.8, 4) is 0 Å². The summed E-state index contributed by atoms with van der Waals surface area (Å²) in [6.07, 6.45) is 0. The van der Waals surface area contributed by atoms with Gasteiger partial charge in [0.2, 0.25) is 0 Å². The minimum Gasteiger partial charge on any atom is -0.348 e. The first-order valence-corrected chi connectivity index (χ1v) is 6.39. The fraction of sp³-hybridized carbons (Fsp3) is 0.133. The van der Waals surface area contributed by atoms with E-state index in [1.165, 1.54) is 0 Å². The number of halogens is 1. The fourth-order valence-corrected chi connectivity index (χ4v) is 1.93. The van der Waals surface area contributed by atoms with Crippen LogP contribution in [0.2, 0.25) is 5.02 Å². The van der Waals surface area contributed by atoms with Crippen molar-refractivity contribution in [3.63, 3.8) is 0 Å². The van der Waals surface area contributed by atoms with E-state index in [-0.39, 0.29) is 5.91 Å². The van der Waals surface area contributed by atoms with E-state index in [1.807, 2.05) is 30.3 Å². The van der Waals surface area contributed by atoms with Gasteiger partial charge in [-0.15, -0.1) is 0 Å². The number of benzene rings is 2. The highest BCUT2D eigenvalue weighted by Crippen LogP contribution is 2.11. The van der Waals surface area contributed by atoms with Crippen molar-refractivity contribution < 1.29 is 4.79 Å². The number of amides is 1. The molecule has 0 fully saturated rings. The predicted octanol–water partition coefficient (Wildman–Crippen LogP) is 2.73. The minimum absolute atomic E-state index is 0.115. The molecule has 0 saturated heterocycles. The summed E-state index contributed by atoms with van der Waals surface area (Å²) < 4.78 is 0. The van der Waals surface area contributed by atoms with Crippen molar-refractivity contribution in [2.24, 2.45) is 5.73 Å². The van der Waals surface area contributed by atoms with Gasteiger partial charge in [-0.05, 0) is 29.3 Å². The van der Waals surface area contributed by atoms with Crippen LogP contribution in [0.15, 0.2) is 48.5 Å². The van der Waals surface area contributed by atoms with E-state index in [2.05, 4.69) is 5.32 Å². The van der Waals surface area contributed by atoms with Crippen LogP contribution in [-0.4, -0.2) is 5.91 Å². The number of carbonyl (C=O) groups is 1. The summed E-state index contributed by atoms with van der Waals surface area (Å²) in [4.78, 5) is 12.1. The van der Waals surface area contributed by atoms with Gasteiger partial charge in [-0.1, -0.05) is 41.9 Å². The number of nitrogens with one attached hydrogen (secondary N) is 1. The molecule has 3 N–H and O–H groups in total. The maximum absolute atomic E-state index is 12.1. The highest BCUT2D eigenvalue weighted by atomic mass is 35.5. The summed E-state index contributed by atoms with van der Waals surface area (Å²) in [5, 5.41) is 3.56. The van der Waals surface area contributed by atoms with Crippen LogP contribution >= 0.6 is 11.6 Å². The molecule has 0 radical (unpaired) electrons. The van der Waals surface area contributed by atoms with E-state index in [0.29, 0.717) is 23.7 Å². The van der Waals surface area contributed by atoms with Gasteiger partial charge in [-0.2, -0.15) is 0 Å². The van der Waals surface area contributed by atoms with Crippen LogP contribution in [0.25, 0.3) is 0 Å². The highest BCUT2D eigenvalue weighted by Gasteiger charge is 2.09. The van der Waals surface area contributed by atoms with Gasteiger partial charge < -0.3 is 11.1 Å². The molecule has 98 valence electrons. The van der Waals surface area contributed by atoms with Gasteiger partial charge in [0.15, 0.2) is 0 Å². The summed E-state index contributed by atoms with van der Waals surface area (Å²) in [6.45, 7) is 0.819. The van der Waals surface area contributed by atoms with E-state index in [9.17, 15) is 4.79 Å². The molecule has 0 saturated carbocycles. The van der Waals surface area contributed by atoms with Gasteiger partial charge in [0.25, 0.3) is 5.91 Å². The smallest absolute Gasteiger partial charge is 0.251 e. The molecule has 0 spiro atoms. The van der Waals surface area contributed by atoms with E-state index < -0.39 is 0 Å². The molecule has 0 atom stereocenters. The van der Waals surface area contributed by atoms with Crippen molar-refractivity contribution >= 4 is 17.5 Å². The number of carbonyl (C=O) groups excluding carboxylic acids is 1. The maximum atomic E-state index is 12.1. The third-order valence-corrected chi connectivity index (χ3v) is 3.10. The lowest BCUT2D eigenvalue weighted by molar-refractivity contribution is 0.0950. The average Bonchev–Trinajstić information content (AvgIpc) is 2.46. The zero-order chi connectivity index (χ0) is 13.7. The Morgan fingerprint density at radius 1 is 1.11 bits per heavy atom. The molecule has 4 heteroatoms. The summed E-state index contributed by atoms with van der Waals surface area (Å²) in [6, 6.07) is 14.7. The quantitative estimate of drug-likeness (QED) is 0.901. The van der Waals surface area contributed by atoms with Crippen LogP contribution in [0.5, 0.6) is 0 Å². The predicted molar refractivity (Wildman–Crippen MR) is 77.0 cm³/mol. The van der Waals surface area contributed by atoms with E-state index in [4.69, 9.17) is 17.3 Å². The largest absolute Gasteiger partial charge is 0.348 e. The topological polar surface area (TPSA) is 55.1 Å². The molecule has 2 aromatic carbocycles. The van der Waals surface area contributed by atoms with Crippen molar-refractivity contribution in [1.29, 1.82) is 0 Å². The Labute approximate surface area is 117 Å². The Kier molecular flexibility index (Phi) is 4.55. The molecule has 3 nitrogen and oxygen atoms in total. The van der Waals surface area contributed by atoms with Gasteiger partial charge in [0.05, 0.1) is 0 Å². The Balaban J connectivity index is 2.03. The maximum Gasteiger partial charge on any atom is 0.251 e. The van der Waals surface area contributed by atoms with Gasteiger partial charge in [0.1, 0.15) is 0 Å². The molecule has 2 rings (SSSR count). The zero-order valence-electron chi connectivity index (χ0n) is 10.4. The van der Waals surface area contributed by atoms with Gasteiger partial charge in [-0.3, -0.25) is 4.79 Å². The minimum atomic E-state index is -0.115. The van der Waals surface area contributed by atoms with E-state index in [1.54, 1.807) is 18.2 Å². The summed E-state index contributed by atoms with van der Waals surface area (Å²) in [5.74, 6) is -0.115. The zero-order valence-corrected chi connectivity index (χ0v) is 11.2. The standard InChI is InChI=1S/C15H15ClN2O/c16-13-7-5-11(6-8-13)10-18-15(19)14-4-2-1-3-12(14)9-17/h1-8H,9-10,17H2,(H,18,19). The lowest BCUT2D eigenvalue weighted by Crippen LogP contribution is -2.24. The van der Waals surface area contributed by atoms with Crippen LogP contribution in [0, 0.1) is 0 Å². The third-order valence-electron chi connectivity index (χ3n) is 2.85. The Bertz CT molecular complexity index is 567. The highest BCUT2D eigenvalue weighted by molar-refractivity contribution is 6.30. The summed E-state index contributed by atoms with van der Waals surface area (Å²) in [5.41, 5.74) is 8.09. The molecule has 2 aromatic rings. The Hall–Kier alpha value is -1.84. The molecular weight excluding hydrogens is 260 g/mol. The molecule has 0 bridgehead atoms. The number of hydrogen-bond donors (Lipinski definition) is 2. The van der Waals surface area contributed by atoms with E-state index >= 15 is 0 Å². The molecule has 1 amide bonds. The fourth-order valence-electron chi connectivity index (χ4n) is 1.80. The summed E-state index contributed by atoms with van der Waals surface area (Å²) >= 11 is 5.81. The van der Waals surface area contributed by atoms with Crippen LogP contribution in [0.1, 0.15) is 21.5 Å². The molecule has 0 aromatic heterocycles. The van der Waals surface area contributed by atoms with Crippen molar-refractivity contribution in [2.45, 2.75) is 13.1 Å². The first-order valence-electron chi connectivity index (χ1n) is 6.01. The van der Waals surface area contributed by atoms with E-state index in [0.717, 1.165) is 11.1 Å². The second kappa shape index (κ2) is 6.36. The molecule has 0 heterocycles. The van der Waals surface area contributed by atoms with Crippen molar-refractivity contribution in [1.82, 2.24) is 5.32 Å². The molecule has 0 aliphatic heterocycles. The molecule has 0 aliphatic carbocycles. The Morgan fingerprint density at radius 3 is 2.47 bits per heavy atom. The number of nitrogens with two attached hydrogens (primary N) is 1. The van der Waals surface area contributed by atoms with Crippen molar-refractivity contribution in [2.75, 3.05) is 0 Å². The van der Waals surface area contributed by atoms with Crippen LogP contribution in [0.4, 0.5) is 0 Å². The van der Waals surface area contributed by atoms with Crippen LogP contribution in [-0.2, 0) is 13.1 Å². The monoisotopic (exact) mass is 274 g/mol.